The molecule has 9 heteroatoms. The first-order chi connectivity index (χ1) is 14.3. The van der Waals surface area contributed by atoms with E-state index in [0.29, 0.717) is 23.5 Å². The van der Waals surface area contributed by atoms with Crippen LogP contribution in [0.4, 0.5) is 10.1 Å². The van der Waals surface area contributed by atoms with Gasteiger partial charge in [-0.25, -0.2) is 14.4 Å². The first-order valence-electron chi connectivity index (χ1n) is 9.34. The quantitative estimate of drug-likeness (QED) is 0.594. The molecule has 0 aliphatic rings. The molecule has 2 amide bonds. The Morgan fingerprint density at radius 3 is 2.67 bits per heavy atom. The van der Waals surface area contributed by atoms with Crippen LogP contribution in [0.25, 0.3) is 5.82 Å². The van der Waals surface area contributed by atoms with Crippen LogP contribution in [0.3, 0.4) is 0 Å². The maximum absolute atomic E-state index is 13.2. The second-order valence-electron chi connectivity index (χ2n) is 7.15. The largest absolute Gasteiger partial charge is 0.347 e. The third-order valence-electron chi connectivity index (χ3n) is 4.14. The van der Waals surface area contributed by atoms with E-state index in [1.54, 1.807) is 35.2 Å². The highest BCUT2D eigenvalue weighted by Crippen LogP contribution is 2.16. The van der Waals surface area contributed by atoms with E-state index >= 15 is 0 Å². The van der Waals surface area contributed by atoms with Crippen molar-refractivity contribution in [2.75, 3.05) is 5.32 Å². The van der Waals surface area contributed by atoms with Crippen LogP contribution >= 0.6 is 11.6 Å². The molecule has 0 atom stereocenters. The lowest BCUT2D eigenvalue weighted by atomic mass is 10.1. The second kappa shape index (κ2) is 9.49. The number of imidazole rings is 1. The zero-order chi connectivity index (χ0) is 21.7. The monoisotopic (exact) mass is 429 g/mol. The summed E-state index contributed by atoms with van der Waals surface area (Å²) in [5.74, 6) is -0.139. The van der Waals surface area contributed by atoms with E-state index in [1.807, 2.05) is 13.8 Å². The Kier molecular flexibility index (Phi) is 6.79. The Morgan fingerprint density at radius 2 is 2.00 bits per heavy atom. The molecule has 0 aliphatic heterocycles. The molecule has 0 saturated carbocycles. The zero-order valence-electron chi connectivity index (χ0n) is 16.5. The summed E-state index contributed by atoms with van der Waals surface area (Å²) in [6.45, 7) is 4.14. The number of pyridine rings is 1. The topological polar surface area (TPSA) is 88.9 Å². The van der Waals surface area contributed by atoms with Gasteiger partial charge in [0.05, 0.1) is 16.9 Å². The average Bonchev–Trinajstić information content (AvgIpc) is 3.19. The number of halogens is 2. The number of nitrogens with zero attached hydrogens (tertiary/aromatic N) is 3. The number of benzene rings is 1. The summed E-state index contributed by atoms with van der Waals surface area (Å²) < 4.78 is 14.8. The second-order valence-corrected chi connectivity index (χ2v) is 7.56. The van der Waals surface area contributed by atoms with Crippen LogP contribution in [-0.4, -0.2) is 26.3 Å². The van der Waals surface area contributed by atoms with E-state index in [-0.39, 0.29) is 35.0 Å². The molecule has 3 rings (SSSR count). The summed E-state index contributed by atoms with van der Waals surface area (Å²) in [5.41, 5.74) is 1.48. The molecule has 2 N–H and O–H groups in total. The van der Waals surface area contributed by atoms with Crippen molar-refractivity contribution in [2.45, 2.75) is 26.8 Å². The third kappa shape index (κ3) is 5.64. The Bertz CT molecular complexity index is 1050. The Hall–Kier alpha value is -3.26. The van der Waals surface area contributed by atoms with Crippen molar-refractivity contribution < 1.29 is 14.0 Å². The fraction of sp³-hybridized carbons (Fsp3) is 0.238. The lowest BCUT2D eigenvalue weighted by Gasteiger charge is -2.07. The van der Waals surface area contributed by atoms with Gasteiger partial charge in [0, 0.05) is 19.2 Å². The van der Waals surface area contributed by atoms with Gasteiger partial charge in [0.25, 0.3) is 5.91 Å². The third-order valence-corrected chi connectivity index (χ3v) is 4.43. The first kappa shape index (κ1) is 21.4. The number of hydrogen-bond acceptors (Lipinski definition) is 4. The molecule has 0 spiro atoms. The summed E-state index contributed by atoms with van der Waals surface area (Å²) >= 11 is 5.74. The summed E-state index contributed by atoms with van der Waals surface area (Å²) in [7, 11) is 0. The number of carbonyl (C=O) groups is 2. The number of carbonyl (C=O) groups excluding carboxylic acids is 2. The van der Waals surface area contributed by atoms with Gasteiger partial charge in [-0.1, -0.05) is 31.5 Å². The van der Waals surface area contributed by atoms with Crippen molar-refractivity contribution in [3.63, 3.8) is 0 Å². The van der Waals surface area contributed by atoms with Crippen molar-refractivity contribution in [3.05, 3.63) is 71.2 Å². The molecule has 2 heterocycles. The molecule has 0 aliphatic carbocycles. The summed E-state index contributed by atoms with van der Waals surface area (Å²) in [6.07, 6.45) is 5.01. The molecular weight excluding hydrogens is 409 g/mol. The Morgan fingerprint density at radius 1 is 1.20 bits per heavy atom. The smallest absolute Gasteiger partial charge is 0.271 e. The SMILES string of the molecule is CC(C)CC(=O)Nc1ccc(-n2cnc(C(=O)NCc3ccc(F)c(Cl)c3)c2)nc1. The van der Waals surface area contributed by atoms with Gasteiger partial charge in [0.1, 0.15) is 23.7 Å². The number of anilines is 1. The predicted octanol–water partition coefficient (Wildman–Crippen LogP) is 3.97. The van der Waals surface area contributed by atoms with Gasteiger partial charge in [-0.3, -0.25) is 14.2 Å². The number of aromatic nitrogens is 3. The summed E-state index contributed by atoms with van der Waals surface area (Å²) in [5, 5.41) is 5.50. The molecule has 0 radical (unpaired) electrons. The van der Waals surface area contributed by atoms with Crippen molar-refractivity contribution in [1.29, 1.82) is 0 Å². The molecule has 7 nitrogen and oxygen atoms in total. The molecule has 156 valence electrons. The number of hydrogen-bond donors (Lipinski definition) is 2. The molecule has 0 saturated heterocycles. The molecule has 2 aromatic heterocycles. The van der Waals surface area contributed by atoms with Crippen LogP contribution in [0.15, 0.2) is 49.1 Å². The van der Waals surface area contributed by atoms with Gasteiger partial charge in [0.15, 0.2) is 0 Å². The van der Waals surface area contributed by atoms with Crippen molar-refractivity contribution in [2.24, 2.45) is 5.92 Å². The minimum atomic E-state index is -0.511. The highest BCUT2D eigenvalue weighted by Gasteiger charge is 2.11. The maximum atomic E-state index is 13.2. The van der Waals surface area contributed by atoms with Gasteiger partial charge >= 0.3 is 0 Å². The standard InChI is InChI=1S/C21H21ClFN5O2/c1-13(2)7-20(29)27-15-4-6-19(24-10-15)28-11-18(26-12-28)21(30)25-9-14-3-5-17(23)16(22)8-14/h3-6,8,10-13H,7,9H2,1-2H3,(H,25,30)(H,27,29). The number of nitrogens with one attached hydrogen (secondary N) is 2. The van der Waals surface area contributed by atoms with E-state index in [2.05, 4.69) is 20.6 Å². The fourth-order valence-corrected chi connectivity index (χ4v) is 2.89. The van der Waals surface area contributed by atoms with E-state index in [9.17, 15) is 14.0 Å². The van der Waals surface area contributed by atoms with Crippen LogP contribution in [0, 0.1) is 11.7 Å². The van der Waals surface area contributed by atoms with E-state index in [1.165, 1.54) is 18.5 Å². The Labute approximate surface area is 178 Å². The molecule has 0 unspecified atom stereocenters. The van der Waals surface area contributed by atoms with Gasteiger partial charge in [-0.05, 0) is 35.7 Å². The van der Waals surface area contributed by atoms with E-state index in [4.69, 9.17) is 11.6 Å². The van der Waals surface area contributed by atoms with Gasteiger partial charge in [0.2, 0.25) is 5.91 Å². The molecular formula is C21H21ClFN5O2. The first-order valence-corrected chi connectivity index (χ1v) is 9.72. The molecule has 0 bridgehead atoms. The summed E-state index contributed by atoms with van der Waals surface area (Å²) in [4.78, 5) is 32.5. The molecule has 30 heavy (non-hydrogen) atoms. The van der Waals surface area contributed by atoms with Crippen molar-refractivity contribution in [3.8, 4) is 5.82 Å². The average molecular weight is 430 g/mol. The highest BCUT2D eigenvalue weighted by atomic mass is 35.5. The molecule has 3 aromatic rings. The summed E-state index contributed by atoms with van der Waals surface area (Å²) in [6, 6.07) is 7.71. The van der Waals surface area contributed by atoms with Crippen LogP contribution < -0.4 is 10.6 Å². The Balaban J connectivity index is 1.60. The van der Waals surface area contributed by atoms with Crippen molar-refractivity contribution >= 4 is 29.1 Å². The maximum Gasteiger partial charge on any atom is 0.271 e. The van der Waals surface area contributed by atoms with Crippen LogP contribution in [0.5, 0.6) is 0 Å². The normalized spacial score (nSPS) is 10.8. The number of amides is 2. The zero-order valence-corrected chi connectivity index (χ0v) is 17.3. The van der Waals surface area contributed by atoms with E-state index < -0.39 is 5.82 Å². The molecule has 0 fully saturated rings. The molecule has 1 aromatic carbocycles. The van der Waals surface area contributed by atoms with Gasteiger partial charge in [-0.15, -0.1) is 0 Å². The van der Waals surface area contributed by atoms with Crippen LogP contribution in [0.1, 0.15) is 36.3 Å². The van der Waals surface area contributed by atoms with Crippen LogP contribution in [-0.2, 0) is 11.3 Å². The van der Waals surface area contributed by atoms with Gasteiger partial charge in [-0.2, -0.15) is 0 Å². The van der Waals surface area contributed by atoms with E-state index in [0.717, 1.165) is 0 Å². The van der Waals surface area contributed by atoms with Gasteiger partial charge < -0.3 is 10.6 Å². The number of rotatable bonds is 7. The lowest BCUT2D eigenvalue weighted by molar-refractivity contribution is -0.116. The fourth-order valence-electron chi connectivity index (χ4n) is 2.68. The predicted molar refractivity (Wildman–Crippen MR) is 112 cm³/mol. The minimum Gasteiger partial charge on any atom is -0.347 e. The highest BCUT2D eigenvalue weighted by molar-refractivity contribution is 6.30. The van der Waals surface area contributed by atoms with Crippen molar-refractivity contribution in [1.82, 2.24) is 19.9 Å². The van der Waals surface area contributed by atoms with Crippen LogP contribution in [0.2, 0.25) is 5.02 Å². The lowest BCUT2D eigenvalue weighted by Crippen LogP contribution is -2.23. The minimum absolute atomic E-state index is 0.000874.